The Labute approximate surface area is 154 Å². The van der Waals surface area contributed by atoms with Crippen molar-refractivity contribution >= 4 is 32.6 Å². The summed E-state index contributed by atoms with van der Waals surface area (Å²) in [5.41, 5.74) is 0.672. The molecule has 0 unspecified atom stereocenters. The summed E-state index contributed by atoms with van der Waals surface area (Å²) >= 11 is 1.25. The molecular formula is C19H19FN2O3S. The number of aromatic nitrogens is 1. The highest BCUT2D eigenvalue weighted by atomic mass is 32.1. The summed E-state index contributed by atoms with van der Waals surface area (Å²) in [6, 6.07) is 11.7. The van der Waals surface area contributed by atoms with E-state index in [0.717, 1.165) is 11.5 Å². The van der Waals surface area contributed by atoms with Gasteiger partial charge in [-0.2, -0.15) is 0 Å². The fourth-order valence-corrected chi connectivity index (χ4v) is 3.26. The zero-order valence-corrected chi connectivity index (χ0v) is 15.1. The molecule has 2 aromatic carbocycles. The molecule has 5 nitrogen and oxygen atoms in total. The summed E-state index contributed by atoms with van der Waals surface area (Å²) in [6.45, 7) is 2.99. The van der Waals surface area contributed by atoms with E-state index in [1.165, 1.54) is 23.5 Å². The lowest BCUT2D eigenvalue weighted by Crippen LogP contribution is -2.12. The second kappa shape index (κ2) is 8.62. The molecule has 0 saturated heterocycles. The van der Waals surface area contributed by atoms with Crippen LogP contribution in [0.25, 0.3) is 10.2 Å². The number of anilines is 1. The van der Waals surface area contributed by atoms with Crippen molar-refractivity contribution < 1.29 is 18.7 Å². The fourth-order valence-electron chi connectivity index (χ4n) is 2.36. The average Bonchev–Trinajstić information content (AvgIpc) is 3.01. The van der Waals surface area contributed by atoms with E-state index < -0.39 is 0 Å². The third-order valence-electron chi connectivity index (χ3n) is 3.55. The Kier molecular flexibility index (Phi) is 6.01. The molecule has 0 atom stereocenters. The molecule has 1 heterocycles. The number of carbonyl (C=O) groups excluding carboxylic acids is 1. The Bertz CT molecular complexity index is 880. The van der Waals surface area contributed by atoms with Crippen molar-refractivity contribution in [2.45, 2.75) is 19.8 Å². The Balaban J connectivity index is 1.42. The van der Waals surface area contributed by atoms with Crippen molar-refractivity contribution in [3.05, 3.63) is 48.3 Å². The molecule has 7 heteroatoms. The highest BCUT2D eigenvalue weighted by molar-refractivity contribution is 7.22. The average molecular weight is 374 g/mol. The minimum Gasteiger partial charge on any atom is -0.494 e. The van der Waals surface area contributed by atoms with Crippen LogP contribution in [0.2, 0.25) is 0 Å². The lowest BCUT2D eigenvalue weighted by molar-refractivity contribution is -0.116. The molecule has 0 aliphatic carbocycles. The number of amides is 1. The topological polar surface area (TPSA) is 60.5 Å². The summed E-state index contributed by atoms with van der Waals surface area (Å²) in [5.74, 6) is 1.09. The summed E-state index contributed by atoms with van der Waals surface area (Å²) in [4.78, 5) is 16.3. The van der Waals surface area contributed by atoms with E-state index in [-0.39, 0.29) is 11.7 Å². The molecular weight excluding hydrogens is 355 g/mol. The Hall–Kier alpha value is -2.67. The third kappa shape index (κ3) is 4.92. The maximum absolute atomic E-state index is 13.2. The molecule has 0 spiro atoms. The maximum Gasteiger partial charge on any atom is 0.226 e. The molecule has 1 aromatic heterocycles. The lowest BCUT2D eigenvalue weighted by atomic mass is 10.3. The van der Waals surface area contributed by atoms with Crippen molar-refractivity contribution in [3.8, 4) is 11.5 Å². The molecule has 26 heavy (non-hydrogen) atoms. The molecule has 0 aliphatic heterocycles. The van der Waals surface area contributed by atoms with Crippen LogP contribution in [0, 0.1) is 5.82 Å². The molecule has 136 valence electrons. The Morgan fingerprint density at radius 2 is 1.88 bits per heavy atom. The van der Waals surface area contributed by atoms with E-state index in [0.29, 0.717) is 41.4 Å². The van der Waals surface area contributed by atoms with Crippen LogP contribution in [0.5, 0.6) is 11.5 Å². The minimum atomic E-state index is -0.314. The molecule has 1 amide bonds. The van der Waals surface area contributed by atoms with Gasteiger partial charge in [-0.1, -0.05) is 11.3 Å². The van der Waals surface area contributed by atoms with Gasteiger partial charge in [-0.05, 0) is 55.8 Å². The normalized spacial score (nSPS) is 10.7. The van der Waals surface area contributed by atoms with Crippen molar-refractivity contribution in [1.82, 2.24) is 4.98 Å². The standard InChI is InChI=1S/C19H19FN2O3S/c1-2-24-14-6-8-15(9-7-14)25-11-3-4-18(23)22-19-21-16-10-5-13(20)12-17(16)26-19/h5-10,12H,2-4,11H2,1H3,(H,21,22,23). The molecule has 0 fully saturated rings. The monoisotopic (exact) mass is 374 g/mol. The van der Waals surface area contributed by atoms with Gasteiger partial charge in [0.2, 0.25) is 5.91 Å². The van der Waals surface area contributed by atoms with Gasteiger partial charge in [0, 0.05) is 6.42 Å². The maximum atomic E-state index is 13.2. The van der Waals surface area contributed by atoms with Gasteiger partial charge in [0.1, 0.15) is 17.3 Å². The second-order valence-electron chi connectivity index (χ2n) is 5.54. The van der Waals surface area contributed by atoms with Crippen LogP contribution >= 0.6 is 11.3 Å². The number of hydrogen-bond acceptors (Lipinski definition) is 5. The zero-order valence-electron chi connectivity index (χ0n) is 14.3. The van der Waals surface area contributed by atoms with Gasteiger partial charge in [-0.15, -0.1) is 0 Å². The minimum absolute atomic E-state index is 0.139. The van der Waals surface area contributed by atoms with Gasteiger partial charge in [0.15, 0.2) is 5.13 Å². The van der Waals surface area contributed by atoms with Crippen LogP contribution in [0.15, 0.2) is 42.5 Å². The first-order chi connectivity index (χ1) is 12.6. The lowest BCUT2D eigenvalue weighted by Gasteiger charge is -2.07. The van der Waals surface area contributed by atoms with Gasteiger partial charge in [-0.25, -0.2) is 9.37 Å². The third-order valence-corrected chi connectivity index (χ3v) is 4.48. The quantitative estimate of drug-likeness (QED) is 0.584. The number of rotatable bonds is 8. The van der Waals surface area contributed by atoms with Crippen LogP contribution in [0.3, 0.4) is 0 Å². The number of hydrogen-bond donors (Lipinski definition) is 1. The molecule has 3 rings (SSSR count). The van der Waals surface area contributed by atoms with E-state index in [2.05, 4.69) is 10.3 Å². The zero-order chi connectivity index (χ0) is 18.4. The van der Waals surface area contributed by atoms with Gasteiger partial charge in [0.25, 0.3) is 0 Å². The molecule has 1 N–H and O–H groups in total. The fraction of sp³-hybridized carbons (Fsp3) is 0.263. The van der Waals surface area contributed by atoms with E-state index in [4.69, 9.17) is 9.47 Å². The van der Waals surface area contributed by atoms with E-state index in [1.807, 2.05) is 31.2 Å². The van der Waals surface area contributed by atoms with Crippen molar-refractivity contribution in [3.63, 3.8) is 0 Å². The molecule has 3 aromatic rings. The van der Waals surface area contributed by atoms with Gasteiger partial charge in [0.05, 0.1) is 23.4 Å². The summed E-state index contributed by atoms with van der Waals surface area (Å²) < 4.78 is 24.9. The molecule has 0 radical (unpaired) electrons. The van der Waals surface area contributed by atoms with Crippen LogP contribution in [0.4, 0.5) is 9.52 Å². The predicted molar refractivity (Wildman–Crippen MR) is 101 cm³/mol. The molecule has 0 bridgehead atoms. The van der Waals surface area contributed by atoms with Crippen molar-refractivity contribution in [2.24, 2.45) is 0 Å². The van der Waals surface area contributed by atoms with Crippen LogP contribution in [-0.2, 0) is 4.79 Å². The molecule has 0 saturated carbocycles. The van der Waals surface area contributed by atoms with Crippen LogP contribution in [0.1, 0.15) is 19.8 Å². The number of benzene rings is 2. The van der Waals surface area contributed by atoms with E-state index in [1.54, 1.807) is 6.07 Å². The number of nitrogens with zero attached hydrogens (tertiary/aromatic N) is 1. The number of carbonyl (C=O) groups is 1. The Morgan fingerprint density at radius 1 is 1.15 bits per heavy atom. The second-order valence-corrected chi connectivity index (χ2v) is 6.57. The van der Waals surface area contributed by atoms with Gasteiger partial charge >= 0.3 is 0 Å². The number of fused-ring (bicyclic) bond motifs is 1. The SMILES string of the molecule is CCOc1ccc(OCCCC(=O)Nc2nc3ccc(F)cc3s2)cc1. The number of thiazole rings is 1. The van der Waals surface area contributed by atoms with Gasteiger partial charge in [-0.3, -0.25) is 4.79 Å². The van der Waals surface area contributed by atoms with Crippen LogP contribution in [-0.4, -0.2) is 24.1 Å². The number of ether oxygens (including phenoxy) is 2. The van der Waals surface area contributed by atoms with Crippen molar-refractivity contribution in [1.29, 1.82) is 0 Å². The summed E-state index contributed by atoms with van der Waals surface area (Å²) in [7, 11) is 0. The smallest absolute Gasteiger partial charge is 0.226 e. The van der Waals surface area contributed by atoms with Crippen molar-refractivity contribution in [2.75, 3.05) is 18.5 Å². The predicted octanol–water partition coefficient (Wildman–Crippen LogP) is 4.63. The van der Waals surface area contributed by atoms with Gasteiger partial charge < -0.3 is 14.8 Å². The highest BCUT2D eigenvalue weighted by Gasteiger charge is 2.08. The number of halogens is 1. The first-order valence-electron chi connectivity index (χ1n) is 8.35. The van der Waals surface area contributed by atoms with E-state index in [9.17, 15) is 9.18 Å². The largest absolute Gasteiger partial charge is 0.494 e. The van der Waals surface area contributed by atoms with E-state index >= 15 is 0 Å². The molecule has 0 aliphatic rings. The van der Waals surface area contributed by atoms with Crippen LogP contribution < -0.4 is 14.8 Å². The highest BCUT2D eigenvalue weighted by Crippen LogP contribution is 2.26. The first-order valence-corrected chi connectivity index (χ1v) is 9.17. The number of nitrogens with one attached hydrogen (secondary N) is 1. The Morgan fingerprint density at radius 3 is 2.62 bits per heavy atom. The first kappa shape index (κ1) is 18.1. The summed E-state index contributed by atoms with van der Waals surface area (Å²) in [6.07, 6.45) is 0.903. The summed E-state index contributed by atoms with van der Waals surface area (Å²) in [5, 5.41) is 3.22.